The molecular weight excluding hydrogens is 434 g/mol. The summed E-state index contributed by atoms with van der Waals surface area (Å²) >= 11 is 0. The van der Waals surface area contributed by atoms with Crippen molar-refractivity contribution >= 4 is 35.5 Å². The number of ketones is 1. The fourth-order valence-corrected chi connectivity index (χ4v) is 3.30. The number of hydrazine groups is 1. The molecule has 11 heteroatoms. The third kappa shape index (κ3) is 4.91. The zero-order valence-corrected chi connectivity index (χ0v) is 20.0. The van der Waals surface area contributed by atoms with E-state index >= 15 is 0 Å². The molecule has 2 rings (SSSR count). The van der Waals surface area contributed by atoms with Crippen LogP contribution in [0.15, 0.2) is 24.3 Å². The summed E-state index contributed by atoms with van der Waals surface area (Å²) in [5.74, 6) is -3.03. The van der Waals surface area contributed by atoms with E-state index in [1.54, 1.807) is 47.6 Å². The van der Waals surface area contributed by atoms with Gasteiger partial charge in [-0.15, -0.1) is 0 Å². The third-order valence-electron chi connectivity index (χ3n) is 4.32. The van der Waals surface area contributed by atoms with Crippen LogP contribution in [0.1, 0.15) is 58.8 Å². The van der Waals surface area contributed by atoms with Gasteiger partial charge in [-0.3, -0.25) is 14.5 Å². The van der Waals surface area contributed by atoms with Crippen molar-refractivity contribution in [2.45, 2.75) is 65.3 Å². The quantitative estimate of drug-likeness (QED) is 0.307. The van der Waals surface area contributed by atoms with Crippen LogP contribution in [0.2, 0.25) is 0 Å². The molecule has 0 aromatic heterocycles. The summed E-state index contributed by atoms with van der Waals surface area (Å²) < 4.78 is 15.4. The lowest BCUT2D eigenvalue weighted by molar-refractivity contribution is -0.154. The third-order valence-corrected chi connectivity index (χ3v) is 4.32. The van der Waals surface area contributed by atoms with Crippen LogP contribution in [-0.2, 0) is 23.8 Å². The van der Waals surface area contributed by atoms with E-state index in [1.165, 1.54) is 18.2 Å². The number of hydrogen-bond donors (Lipinski definition) is 1. The molecule has 1 aromatic rings. The number of fused-ring (bicyclic) bond motifs is 1. The summed E-state index contributed by atoms with van der Waals surface area (Å²) in [5, 5.41) is 0.349. The molecule has 1 aromatic carbocycles. The number of carbonyl (C=O) groups excluding carboxylic acids is 5. The zero-order valence-electron chi connectivity index (χ0n) is 20.0. The second-order valence-electron chi connectivity index (χ2n) is 9.29. The lowest BCUT2D eigenvalue weighted by atomic mass is 10.0. The Morgan fingerprint density at radius 1 is 0.970 bits per heavy atom. The molecule has 1 aliphatic heterocycles. The van der Waals surface area contributed by atoms with E-state index < -0.39 is 46.7 Å². The van der Waals surface area contributed by atoms with E-state index in [9.17, 15) is 24.0 Å². The van der Waals surface area contributed by atoms with Gasteiger partial charge in [0.25, 0.3) is 0 Å². The Kier molecular flexibility index (Phi) is 6.77. The second kappa shape index (κ2) is 8.72. The standard InChI is InChI=1S/C22H29N3O8/c1-13(26)24-15-12-10-9-11-14(15)16(27)22(24,17(28)31-8)25(19(30)33-21(5,6)7)23-18(29)32-20(2,3)4/h9-12H,1-8H3,(H,23,29)/t22-/m1/s1. The van der Waals surface area contributed by atoms with E-state index in [0.717, 1.165) is 18.9 Å². The van der Waals surface area contributed by atoms with Crippen molar-refractivity contribution in [3.05, 3.63) is 29.8 Å². The average Bonchev–Trinajstić information content (AvgIpc) is 2.92. The molecule has 0 spiro atoms. The number of nitrogens with one attached hydrogen (secondary N) is 1. The molecule has 1 aliphatic rings. The summed E-state index contributed by atoms with van der Waals surface area (Å²) in [7, 11) is 0.986. The van der Waals surface area contributed by atoms with E-state index in [0.29, 0.717) is 5.01 Å². The maximum atomic E-state index is 13.7. The molecule has 0 saturated heterocycles. The highest BCUT2D eigenvalue weighted by Gasteiger charge is 2.66. The largest absolute Gasteiger partial charge is 0.465 e. The number of Topliss-reactive ketones (excluding diaryl/α,β-unsaturated/α-hetero) is 1. The first-order chi connectivity index (χ1) is 15.1. The number of carbonyl (C=O) groups is 5. The van der Waals surface area contributed by atoms with Gasteiger partial charge >= 0.3 is 23.8 Å². The van der Waals surface area contributed by atoms with Crippen molar-refractivity contribution < 1.29 is 38.2 Å². The van der Waals surface area contributed by atoms with Gasteiger partial charge in [0.05, 0.1) is 12.8 Å². The number of esters is 1. The Morgan fingerprint density at radius 2 is 1.52 bits per heavy atom. The number of benzene rings is 1. The van der Waals surface area contributed by atoms with Crippen molar-refractivity contribution in [1.29, 1.82) is 0 Å². The number of amides is 3. The molecule has 0 bridgehead atoms. The van der Waals surface area contributed by atoms with Crippen molar-refractivity contribution in [2.24, 2.45) is 0 Å². The summed E-state index contributed by atoms with van der Waals surface area (Å²) in [6, 6.07) is 5.90. The van der Waals surface area contributed by atoms with Gasteiger partial charge in [-0.25, -0.2) is 19.8 Å². The van der Waals surface area contributed by atoms with Crippen molar-refractivity contribution in [3.63, 3.8) is 0 Å². The number of nitrogens with zero attached hydrogens (tertiary/aromatic N) is 2. The van der Waals surface area contributed by atoms with Crippen LogP contribution in [-0.4, -0.2) is 58.8 Å². The van der Waals surface area contributed by atoms with E-state index in [1.807, 2.05) is 0 Å². The normalized spacial score (nSPS) is 17.7. The molecule has 0 aliphatic carbocycles. The predicted octanol–water partition coefficient (Wildman–Crippen LogP) is 2.78. The SMILES string of the molecule is COC(=O)[C@]1(N(NC(=O)OC(C)(C)C)C(=O)OC(C)(C)C)C(=O)c2ccccc2N1C(C)=O. The number of rotatable bonds is 2. The predicted molar refractivity (Wildman–Crippen MR) is 116 cm³/mol. The van der Waals surface area contributed by atoms with Gasteiger partial charge in [0, 0.05) is 12.5 Å². The first kappa shape index (κ1) is 25.6. The minimum atomic E-state index is -2.75. The molecule has 11 nitrogen and oxygen atoms in total. The van der Waals surface area contributed by atoms with Gasteiger partial charge in [-0.05, 0) is 53.7 Å². The van der Waals surface area contributed by atoms with Gasteiger partial charge in [-0.1, -0.05) is 12.1 Å². The fourth-order valence-electron chi connectivity index (χ4n) is 3.30. The summed E-state index contributed by atoms with van der Waals surface area (Å²) in [6.07, 6.45) is -2.45. The van der Waals surface area contributed by atoms with Crippen LogP contribution in [0.25, 0.3) is 0 Å². The minimum Gasteiger partial charge on any atom is -0.465 e. The van der Waals surface area contributed by atoms with Crippen LogP contribution in [0.5, 0.6) is 0 Å². The van der Waals surface area contributed by atoms with Crippen molar-refractivity contribution in [2.75, 3.05) is 12.0 Å². The van der Waals surface area contributed by atoms with Gasteiger partial charge in [0.15, 0.2) is 0 Å². The van der Waals surface area contributed by atoms with Gasteiger partial charge in [0.1, 0.15) is 11.2 Å². The van der Waals surface area contributed by atoms with E-state index in [2.05, 4.69) is 5.43 Å². The number of ether oxygens (including phenoxy) is 3. The molecular formula is C22H29N3O8. The number of methoxy groups -OCH3 is 1. The Labute approximate surface area is 191 Å². The average molecular weight is 463 g/mol. The Balaban J connectivity index is 2.79. The molecule has 33 heavy (non-hydrogen) atoms. The number of hydrogen-bond acceptors (Lipinski definition) is 8. The van der Waals surface area contributed by atoms with Gasteiger partial charge in [-0.2, -0.15) is 5.01 Å². The molecule has 180 valence electrons. The van der Waals surface area contributed by atoms with Crippen molar-refractivity contribution in [1.82, 2.24) is 10.4 Å². The minimum absolute atomic E-state index is 0.0300. The molecule has 3 amide bonds. The highest BCUT2D eigenvalue weighted by atomic mass is 16.6. The maximum Gasteiger partial charge on any atom is 0.432 e. The fraction of sp³-hybridized carbons (Fsp3) is 0.500. The highest BCUT2D eigenvalue weighted by molar-refractivity contribution is 6.30. The molecule has 1 heterocycles. The molecule has 1 N–H and O–H groups in total. The highest BCUT2D eigenvalue weighted by Crippen LogP contribution is 2.42. The first-order valence-corrected chi connectivity index (χ1v) is 10.1. The maximum absolute atomic E-state index is 13.7. The topological polar surface area (TPSA) is 132 Å². The van der Waals surface area contributed by atoms with Crippen LogP contribution in [0.3, 0.4) is 0 Å². The molecule has 0 radical (unpaired) electrons. The molecule has 0 unspecified atom stereocenters. The summed E-state index contributed by atoms with van der Waals surface area (Å²) in [6.45, 7) is 10.5. The molecule has 0 fully saturated rings. The number of para-hydroxylation sites is 1. The smallest absolute Gasteiger partial charge is 0.432 e. The summed E-state index contributed by atoms with van der Waals surface area (Å²) in [5.41, 5.74) is -2.66. The Hall–Kier alpha value is -3.63. The lowest BCUT2D eigenvalue weighted by Gasteiger charge is -2.42. The van der Waals surface area contributed by atoms with Crippen LogP contribution < -0.4 is 10.3 Å². The lowest BCUT2D eigenvalue weighted by Crippen LogP contribution is -2.74. The van der Waals surface area contributed by atoms with Crippen LogP contribution in [0.4, 0.5) is 15.3 Å². The molecule has 1 atom stereocenters. The van der Waals surface area contributed by atoms with E-state index in [-0.39, 0.29) is 11.3 Å². The van der Waals surface area contributed by atoms with Crippen LogP contribution >= 0.6 is 0 Å². The molecule has 0 saturated carbocycles. The zero-order chi connectivity index (χ0) is 25.4. The second-order valence-corrected chi connectivity index (χ2v) is 9.29. The van der Waals surface area contributed by atoms with Crippen molar-refractivity contribution in [3.8, 4) is 0 Å². The van der Waals surface area contributed by atoms with E-state index in [4.69, 9.17) is 14.2 Å². The first-order valence-electron chi connectivity index (χ1n) is 10.1. The number of anilines is 1. The van der Waals surface area contributed by atoms with Crippen LogP contribution in [0, 0.1) is 0 Å². The Bertz CT molecular complexity index is 992. The Morgan fingerprint density at radius 3 is 2.00 bits per heavy atom. The summed E-state index contributed by atoms with van der Waals surface area (Å²) in [4.78, 5) is 66.4. The van der Waals surface area contributed by atoms with Gasteiger partial charge in [0.2, 0.25) is 11.7 Å². The van der Waals surface area contributed by atoms with Gasteiger partial charge < -0.3 is 14.2 Å². The monoisotopic (exact) mass is 463 g/mol.